The molecule has 1 unspecified atom stereocenters. The Morgan fingerprint density at radius 3 is 2.58 bits per heavy atom. The molecule has 4 rings (SSSR count). The number of carboxylic acid groups (broad SMARTS) is 1. The Hall–Kier alpha value is -3.37. The molecule has 2 aromatic rings. The lowest BCUT2D eigenvalue weighted by molar-refractivity contribution is -0.148. The van der Waals surface area contributed by atoms with Crippen LogP contribution in [0.15, 0.2) is 84.5 Å². The number of hydrogen-bond donors (Lipinski definition) is 1. The lowest BCUT2D eigenvalue weighted by atomic mass is 9.89. The van der Waals surface area contributed by atoms with E-state index in [1.54, 1.807) is 0 Å². The summed E-state index contributed by atoms with van der Waals surface area (Å²) in [6.07, 6.45) is 12.5. The van der Waals surface area contributed by atoms with E-state index in [0.717, 1.165) is 29.7 Å². The Balaban J connectivity index is 1.46. The van der Waals surface area contributed by atoms with E-state index in [1.165, 1.54) is 29.4 Å². The van der Waals surface area contributed by atoms with E-state index < -0.39 is 12.1 Å². The zero-order chi connectivity index (χ0) is 21.6. The van der Waals surface area contributed by atoms with Crippen molar-refractivity contribution in [2.24, 2.45) is 0 Å². The van der Waals surface area contributed by atoms with Crippen LogP contribution < -0.4 is 4.74 Å². The predicted octanol–water partition coefficient (Wildman–Crippen LogP) is 5.46. The topological polar surface area (TPSA) is 55.8 Å². The van der Waals surface area contributed by atoms with Gasteiger partial charge in [0.25, 0.3) is 0 Å². The quantitative estimate of drug-likeness (QED) is 0.653. The molecule has 0 saturated heterocycles. The minimum absolute atomic E-state index is 0.323. The predicted molar refractivity (Wildman–Crippen MR) is 123 cm³/mol. The van der Waals surface area contributed by atoms with Crippen molar-refractivity contribution in [1.29, 1.82) is 0 Å². The molecule has 0 amide bonds. The number of hydrogen-bond acceptors (Lipinski definition) is 3. The van der Waals surface area contributed by atoms with E-state index in [0.29, 0.717) is 13.0 Å². The van der Waals surface area contributed by atoms with Crippen LogP contribution in [0.2, 0.25) is 0 Å². The fraction of sp³-hybridized carbons (Fsp3) is 0.222. The third-order valence-corrected chi connectivity index (χ3v) is 5.67. The molecule has 158 valence electrons. The van der Waals surface area contributed by atoms with E-state index in [9.17, 15) is 4.79 Å². The number of methoxy groups -OCH3 is 1. The molecular weight excluding hydrogens is 388 g/mol. The highest BCUT2D eigenvalue weighted by atomic mass is 16.5. The normalized spacial score (nSPS) is 17.1. The fourth-order valence-electron chi connectivity index (χ4n) is 4.01. The minimum Gasteiger partial charge on any atom is -0.490 e. The number of fused-ring (bicyclic) bond motifs is 2. The lowest BCUT2D eigenvalue weighted by Gasteiger charge is -2.15. The first kappa shape index (κ1) is 20.9. The molecule has 31 heavy (non-hydrogen) atoms. The van der Waals surface area contributed by atoms with Crippen LogP contribution in [0.5, 0.6) is 5.75 Å². The molecule has 0 aromatic heterocycles. The van der Waals surface area contributed by atoms with Crippen molar-refractivity contribution in [1.82, 2.24) is 0 Å². The summed E-state index contributed by atoms with van der Waals surface area (Å²) in [6, 6.07) is 16.0. The third kappa shape index (κ3) is 4.86. The maximum absolute atomic E-state index is 11.1. The first-order valence-corrected chi connectivity index (χ1v) is 10.5. The molecular formula is C27H26O4. The third-order valence-electron chi connectivity index (χ3n) is 5.67. The number of carboxylic acids is 1. The number of rotatable bonds is 7. The summed E-state index contributed by atoms with van der Waals surface area (Å²) in [5.41, 5.74) is 7.27. The van der Waals surface area contributed by atoms with E-state index in [-0.39, 0.29) is 0 Å². The molecule has 4 nitrogen and oxygen atoms in total. The summed E-state index contributed by atoms with van der Waals surface area (Å²) in [7, 11) is 1.41. The van der Waals surface area contributed by atoms with Gasteiger partial charge in [-0.25, -0.2) is 4.79 Å². The summed E-state index contributed by atoms with van der Waals surface area (Å²) in [4.78, 5) is 11.1. The first-order chi connectivity index (χ1) is 15.2. The van der Waals surface area contributed by atoms with Crippen LogP contribution in [0.1, 0.15) is 29.5 Å². The molecule has 0 saturated carbocycles. The van der Waals surface area contributed by atoms with Crippen molar-refractivity contribution in [3.63, 3.8) is 0 Å². The molecule has 0 aliphatic heterocycles. The molecule has 1 N–H and O–H groups in total. The smallest absolute Gasteiger partial charge is 0.333 e. The zero-order valence-corrected chi connectivity index (χ0v) is 17.6. The molecule has 2 aliphatic carbocycles. The summed E-state index contributed by atoms with van der Waals surface area (Å²) < 4.78 is 10.9. The van der Waals surface area contributed by atoms with Gasteiger partial charge in [-0.3, -0.25) is 0 Å². The van der Waals surface area contributed by atoms with Crippen LogP contribution in [0.3, 0.4) is 0 Å². The summed E-state index contributed by atoms with van der Waals surface area (Å²) in [5.74, 6) is -0.214. The van der Waals surface area contributed by atoms with Crippen LogP contribution in [0.4, 0.5) is 0 Å². The van der Waals surface area contributed by atoms with E-state index in [1.807, 2.05) is 24.3 Å². The molecule has 0 heterocycles. The Morgan fingerprint density at radius 2 is 1.84 bits per heavy atom. The van der Waals surface area contributed by atoms with Crippen LogP contribution >= 0.6 is 0 Å². The molecule has 2 aromatic carbocycles. The molecule has 4 heteroatoms. The van der Waals surface area contributed by atoms with Crippen molar-refractivity contribution in [2.45, 2.75) is 25.4 Å². The monoisotopic (exact) mass is 414 g/mol. The number of ether oxygens (including phenoxy) is 2. The van der Waals surface area contributed by atoms with Crippen molar-refractivity contribution < 1.29 is 19.4 Å². The van der Waals surface area contributed by atoms with Crippen LogP contribution in [0.25, 0.3) is 11.1 Å². The SMILES string of the molecule is COC(Cc1ccc(OC/C=C2/C=CC3=C(CCC=C3)c3ccccc32)cc1)C(=O)O. The number of aliphatic carboxylic acids is 1. The van der Waals surface area contributed by atoms with Gasteiger partial charge in [0.2, 0.25) is 0 Å². The number of carbonyl (C=O) groups is 1. The average Bonchev–Trinajstić information content (AvgIpc) is 2.96. The highest BCUT2D eigenvalue weighted by Crippen LogP contribution is 2.37. The van der Waals surface area contributed by atoms with Crippen molar-refractivity contribution >= 4 is 17.1 Å². The number of benzene rings is 2. The summed E-state index contributed by atoms with van der Waals surface area (Å²) in [5, 5.41) is 9.12. The van der Waals surface area contributed by atoms with Gasteiger partial charge in [-0.1, -0.05) is 60.7 Å². The highest BCUT2D eigenvalue weighted by Gasteiger charge is 2.18. The maximum Gasteiger partial charge on any atom is 0.333 e. The van der Waals surface area contributed by atoms with Gasteiger partial charge in [0.15, 0.2) is 6.10 Å². The van der Waals surface area contributed by atoms with Gasteiger partial charge < -0.3 is 14.6 Å². The van der Waals surface area contributed by atoms with Crippen molar-refractivity contribution in [3.8, 4) is 5.75 Å². The van der Waals surface area contributed by atoms with Gasteiger partial charge in [0.05, 0.1) is 0 Å². The Bertz CT molecular complexity index is 1070. The van der Waals surface area contributed by atoms with Crippen LogP contribution in [0, 0.1) is 0 Å². The Morgan fingerprint density at radius 1 is 1.06 bits per heavy atom. The lowest BCUT2D eigenvalue weighted by Crippen LogP contribution is -2.24. The summed E-state index contributed by atoms with van der Waals surface area (Å²) in [6.45, 7) is 0.448. The zero-order valence-electron chi connectivity index (χ0n) is 17.6. The Labute approximate surface area is 182 Å². The molecule has 0 spiro atoms. The van der Waals surface area contributed by atoms with E-state index in [4.69, 9.17) is 14.6 Å². The van der Waals surface area contributed by atoms with Gasteiger partial charge in [0.1, 0.15) is 12.4 Å². The molecule has 1 atom stereocenters. The van der Waals surface area contributed by atoms with Gasteiger partial charge in [-0.05, 0) is 64.5 Å². The van der Waals surface area contributed by atoms with E-state index in [2.05, 4.69) is 54.6 Å². The first-order valence-electron chi connectivity index (χ1n) is 10.5. The molecule has 0 radical (unpaired) electrons. The summed E-state index contributed by atoms with van der Waals surface area (Å²) >= 11 is 0. The maximum atomic E-state index is 11.1. The second-order valence-corrected chi connectivity index (χ2v) is 7.63. The van der Waals surface area contributed by atoms with Gasteiger partial charge in [-0.15, -0.1) is 0 Å². The number of allylic oxidation sites excluding steroid dienone is 7. The standard InChI is InChI=1S/C27H26O4/c1-30-26(27(28)29)18-19-10-14-22(15-11-19)31-17-16-21-13-12-20-6-2-3-7-23(20)25-9-5-4-8-24(21)25/h2,4-6,8-16,26H,3,7,17-18H2,1H3,(H,28,29)/b21-16-. The van der Waals surface area contributed by atoms with Gasteiger partial charge in [0, 0.05) is 13.5 Å². The van der Waals surface area contributed by atoms with E-state index >= 15 is 0 Å². The molecule has 2 aliphatic rings. The fourth-order valence-corrected chi connectivity index (χ4v) is 4.01. The van der Waals surface area contributed by atoms with Gasteiger partial charge >= 0.3 is 5.97 Å². The Kier molecular flexibility index (Phi) is 6.48. The second kappa shape index (κ2) is 9.63. The highest BCUT2D eigenvalue weighted by molar-refractivity contribution is 5.89. The van der Waals surface area contributed by atoms with Crippen LogP contribution in [-0.2, 0) is 16.0 Å². The molecule has 0 bridgehead atoms. The van der Waals surface area contributed by atoms with Crippen molar-refractivity contribution in [2.75, 3.05) is 13.7 Å². The largest absolute Gasteiger partial charge is 0.490 e. The molecule has 0 fully saturated rings. The van der Waals surface area contributed by atoms with Crippen LogP contribution in [-0.4, -0.2) is 30.9 Å². The second-order valence-electron chi connectivity index (χ2n) is 7.63. The van der Waals surface area contributed by atoms with Crippen molar-refractivity contribution in [3.05, 3.63) is 101 Å². The van der Waals surface area contributed by atoms with Gasteiger partial charge in [-0.2, -0.15) is 0 Å². The average molecular weight is 415 g/mol. The minimum atomic E-state index is -0.960.